The molecular weight excluding hydrogens is 376 g/mol. The summed E-state index contributed by atoms with van der Waals surface area (Å²) >= 11 is 3.20. The lowest BCUT2D eigenvalue weighted by Crippen LogP contribution is -2.08. The van der Waals surface area contributed by atoms with Gasteiger partial charge in [0.15, 0.2) is 16.6 Å². The van der Waals surface area contributed by atoms with Gasteiger partial charge in [-0.25, -0.2) is 4.98 Å². The van der Waals surface area contributed by atoms with E-state index >= 15 is 0 Å². The predicted molar refractivity (Wildman–Crippen MR) is 109 cm³/mol. The summed E-state index contributed by atoms with van der Waals surface area (Å²) in [5, 5.41) is 10.7. The van der Waals surface area contributed by atoms with E-state index in [2.05, 4.69) is 22.1 Å². The second-order valence-corrected chi connectivity index (χ2v) is 9.06. The summed E-state index contributed by atoms with van der Waals surface area (Å²) in [6.45, 7) is 2.31. The zero-order valence-electron chi connectivity index (χ0n) is 14.9. The van der Waals surface area contributed by atoms with Gasteiger partial charge in [-0.05, 0) is 30.7 Å². The monoisotopic (exact) mass is 394 g/mol. The Balaban J connectivity index is 1.48. The van der Waals surface area contributed by atoms with Crippen molar-refractivity contribution >= 4 is 44.7 Å². The standard InChI is InChI=1S/C20H18N4OS2/c1-12-7-8-14-16(9-12)27-19-17(14)18-22-23-20(24(18)11-21-19)26-10-15(25)13-5-3-2-4-6-13/h2-6,11-12H,7-10H2,1H3. The maximum atomic E-state index is 12.4. The summed E-state index contributed by atoms with van der Waals surface area (Å²) < 4.78 is 1.93. The summed E-state index contributed by atoms with van der Waals surface area (Å²) in [5.41, 5.74) is 2.98. The van der Waals surface area contributed by atoms with Crippen molar-refractivity contribution in [3.05, 3.63) is 52.7 Å². The van der Waals surface area contributed by atoms with E-state index in [1.54, 1.807) is 17.7 Å². The highest BCUT2D eigenvalue weighted by atomic mass is 32.2. The predicted octanol–water partition coefficient (Wildman–Crippen LogP) is 4.44. The highest BCUT2D eigenvalue weighted by molar-refractivity contribution is 7.99. The highest BCUT2D eigenvalue weighted by Gasteiger charge is 2.24. The minimum Gasteiger partial charge on any atom is -0.293 e. The van der Waals surface area contributed by atoms with Gasteiger partial charge in [-0.1, -0.05) is 49.0 Å². The Bertz CT molecular complexity index is 1150. The third-order valence-electron chi connectivity index (χ3n) is 5.10. The minimum atomic E-state index is 0.0910. The van der Waals surface area contributed by atoms with Crippen LogP contribution in [0.1, 0.15) is 34.1 Å². The first-order valence-electron chi connectivity index (χ1n) is 9.05. The molecule has 1 aromatic carbocycles. The largest absolute Gasteiger partial charge is 0.293 e. The van der Waals surface area contributed by atoms with E-state index in [0.29, 0.717) is 10.9 Å². The number of Topliss-reactive ketones (excluding diaryl/α,β-unsaturated/α-hetero) is 1. The van der Waals surface area contributed by atoms with Crippen LogP contribution >= 0.6 is 23.1 Å². The van der Waals surface area contributed by atoms with E-state index < -0.39 is 0 Å². The summed E-state index contributed by atoms with van der Waals surface area (Å²) in [4.78, 5) is 19.5. The fourth-order valence-corrected chi connectivity index (χ4v) is 5.80. The topological polar surface area (TPSA) is 60.2 Å². The van der Waals surface area contributed by atoms with Gasteiger partial charge in [-0.3, -0.25) is 9.20 Å². The second kappa shape index (κ2) is 6.73. The van der Waals surface area contributed by atoms with Crippen LogP contribution in [0, 0.1) is 5.92 Å². The molecular formula is C20H18N4OS2. The van der Waals surface area contributed by atoms with Gasteiger partial charge in [0.25, 0.3) is 0 Å². The average Bonchev–Trinajstić information content (AvgIpc) is 3.26. The van der Waals surface area contributed by atoms with Gasteiger partial charge in [0.05, 0.1) is 11.1 Å². The number of thioether (sulfide) groups is 1. The van der Waals surface area contributed by atoms with Crippen LogP contribution in [-0.4, -0.2) is 31.1 Å². The molecule has 1 aliphatic rings. The zero-order valence-corrected chi connectivity index (χ0v) is 16.5. The lowest BCUT2D eigenvalue weighted by atomic mass is 9.89. The van der Waals surface area contributed by atoms with E-state index in [4.69, 9.17) is 0 Å². The number of rotatable bonds is 4. The molecule has 136 valence electrons. The maximum Gasteiger partial charge on any atom is 0.197 e. The van der Waals surface area contributed by atoms with Crippen LogP contribution in [0.3, 0.4) is 0 Å². The number of carbonyl (C=O) groups is 1. The first-order chi connectivity index (χ1) is 13.2. The Morgan fingerprint density at radius 3 is 3.00 bits per heavy atom. The van der Waals surface area contributed by atoms with Crippen LogP contribution < -0.4 is 0 Å². The molecule has 1 atom stereocenters. The number of aryl methyl sites for hydroxylation is 1. The van der Waals surface area contributed by atoms with Crippen LogP contribution in [0.15, 0.2) is 41.8 Å². The summed E-state index contributed by atoms with van der Waals surface area (Å²) in [7, 11) is 0. The lowest BCUT2D eigenvalue weighted by molar-refractivity contribution is 0.102. The molecule has 0 saturated carbocycles. The van der Waals surface area contributed by atoms with E-state index in [1.165, 1.54) is 28.6 Å². The van der Waals surface area contributed by atoms with Gasteiger partial charge in [-0.15, -0.1) is 21.5 Å². The molecule has 0 saturated heterocycles. The minimum absolute atomic E-state index is 0.0910. The maximum absolute atomic E-state index is 12.4. The Morgan fingerprint density at radius 2 is 2.15 bits per heavy atom. The number of thiophene rings is 1. The van der Waals surface area contributed by atoms with Crippen molar-refractivity contribution in [2.24, 2.45) is 5.92 Å². The molecule has 7 heteroatoms. The second-order valence-electron chi connectivity index (χ2n) is 7.03. The van der Waals surface area contributed by atoms with Crippen molar-refractivity contribution in [2.45, 2.75) is 31.3 Å². The molecule has 4 aromatic rings. The van der Waals surface area contributed by atoms with Crippen LogP contribution in [0.2, 0.25) is 0 Å². The summed E-state index contributed by atoms with van der Waals surface area (Å²) in [6, 6.07) is 9.36. The van der Waals surface area contributed by atoms with E-state index in [-0.39, 0.29) is 5.78 Å². The molecule has 1 aliphatic carbocycles. The molecule has 1 unspecified atom stereocenters. The Hall–Kier alpha value is -2.25. The zero-order chi connectivity index (χ0) is 18.4. The third-order valence-corrected chi connectivity index (χ3v) is 7.21. The number of fused-ring (bicyclic) bond motifs is 5. The fraction of sp³-hybridized carbons (Fsp3) is 0.300. The van der Waals surface area contributed by atoms with E-state index in [9.17, 15) is 4.79 Å². The van der Waals surface area contributed by atoms with Crippen molar-refractivity contribution in [2.75, 3.05) is 5.75 Å². The molecule has 0 radical (unpaired) electrons. The van der Waals surface area contributed by atoms with E-state index in [0.717, 1.165) is 40.2 Å². The van der Waals surface area contributed by atoms with Crippen molar-refractivity contribution in [1.82, 2.24) is 19.6 Å². The normalized spacial score (nSPS) is 16.7. The Labute approximate surface area is 164 Å². The number of carbonyl (C=O) groups excluding carboxylic acids is 1. The number of ketones is 1. The number of benzene rings is 1. The molecule has 0 amide bonds. The molecule has 0 N–H and O–H groups in total. The van der Waals surface area contributed by atoms with Crippen LogP contribution in [0.4, 0.5) is 0 Å². The molecule has 27 heavy (non-hydrogen) atoms. The third kappa shape index (κ3) is 2.95. The van der Waals surface area contributed by atoms with Crippen molar-refractivity contribution in [3.8, 4) is 0 Å². The fourth-order valence-electron chi connectivity index (χ4n) is 3.66. The average molecular weight is 395 g/mol. The van der Waals surface area contributed by atoms with Crippen LogP contribution in [0.5, 0.6) is 0 Å². The van der Waals surface area contributed by atoms with E-state index in [1.807, 2.05) is 34.7 Å². The Morgan fingerprint density at radius 1 is 1.30 bits per heavy atom. The number of aromatic nitrogens is 4. The molecule has 5 nitrogen and oxygen atoms in total. The van der Waals surface area contributed by atoms with Gasteiger partial charge in [0, 0.05) is 10.4 Å². The first kappa shape index (κ1) is 16.9. The van der Waals surface area contributed by atoms with Gasteiger partial charge in [-0.2, -0.15) is 0 Å². The van der Waals surface area contributed by atoms with Crippen LogP contribution in [0.25, 0.3) is 15.9 Å². The highest BCUT2D eigenvalue weighted by Crippen LogP contribution is 2.39. The van der Waals surface area contributed by atoms with Gasteiger partial charge in [0.2, 0.25) is 0 Å². The van der Waals surface area contributed by atoms with Crippen LogP contribution in [-0.2, 0) is 12.8 Å². The smallest absolute Gasteiger partial charge is 0.197 e. The molecule has 0 bridgehead atoms. The molecule has 5 rings (SSSR count). The number of hydrogen-bond acceptors (Lipinski definition) is 6. The van der Waals surface area contributed by atoms with Gasteiger partial charge in [0.1, 0.15) is 11.2 Å². The van der Waals surface area contributed by atoms with Gasteiger partial charge < -0.3 is 0 Å². The molecule has 3 aromatic heterocycles. The van der Waals surface area contributed by atoms with Crippen molar-refractivity contribution < 1.29 is 4.79 Å². The van der Waals surface area contributed by atoms with Gasteiger partial charge >= 0.3 is 0 Å². The number of nitrogens with zero attached hydrogens (tertiary/aromatic N) is 4. The lowest BCUT2D eigenvalue weighted by Gasteiger charge is -2.17. The first-order valence-corrected chi connectivity index (χ1v) is 10.9. The number of hydrogen-bond donors (Lipinski definition) is 0. The van der Waals surface area contributed by atoms with Crippen molar-refractivity contribution in [3.63, 3.8) is 0 Å². The molecule has 3 heterocycles. The SMILES string of the molecule is CC1CCc2c(sc3ncn4c(SCC(=O)c5ccccc5)nnc4c23)C1. The molecule has 0 fully saturated rings. The van der Waals surface area contributed by atoms with Crippen molar-refractivity contribution in [1.29, 1.82) is 0 Å². The quantitative estimate of drug-likeness (QED) is 0.378. The molecule has 0 spiro atoms. The summed E-state index contributed by atoms with van der Waals surface area (Å²) in [5.74, 6) is 1.16. The molecule has 0 aliphatic heterocycles. The Kier molecular flexibility index (Phi) is 4.21. The summed E-state index contributed by atoms with van der Waals surface area (Å²) in [6.07, 6.45) is 5.21.